The SMILES string of the molecule is CCOC(=O)CCCNC(=O)CSc1nc2sc(C)c(C)c2c(=O)n1-c1cccc(C)c1C. The van der Waals surface area contributed by atoms with Crippen molar-refractivity contribution in [3.05, 3.63) is 50.1 Å². The molecule has 3 aromatic rings. The third-order valence-corrected chi connectivity index (χ3v) is 7.55. The normalized spacial score (nSPS) is 11.1. The number of amides is 1. The number of hydrogen-bond acceptors (Lipinski definition) is 7. The summed E-state index contributed by atoms with van der Waals surface area (Å²) in [4.78, 5) is 43.9. The third kappa shape index (κ3) is 5.65. The van der Waals surface area contributed by atoms with E-state index in [9.17, 15) is 14.4 Å². The zero-order chi connectivity index (χ0) is 24.1. The van der Waals surface area contributed by atoms with Crippen LogP contribution in [-0.2, 0) is 14.3 Å². The number of fused-ring (bicyclic) bond motifs is 1. The summed E-state index contributed by atoms with van der Waals surface area (Å²) in [5.74, 6) is -0.326. The second kappa shape index (κ2) is 11.0. The number of thioether (sulfide) groups is 1. The van der Waals surface area contributed by atoms with Crippen molar-refractivity contribution < 1.29 is 14.3 Å². The predicted octanol–water partition coefficient (Wildman–Crippen LogP) is 4.23. The molecule has 0 aliphatic rings. The molecule has 1 aromatic carbocycles. The van der Waals surface area contributed by atoms with Gasteiger partial charge in [0.15, 0.2) is 5.16 Å². The van der Waals surface area contributed by atoms with E-state index in [4.69, 9.17) is 9.72 Å². The second-order valence-corrected chi connectivity index (χ2v) is 9.91. The van der Waals surface area contributed by atoms with E-state index in [0.717, 1.165) is 27.3 Å². The third-order valence-electron chi connectivity index (χ3n) is 5.51. The molecule has 0 radical (unpaired) electrons. The van der Waals surface area contributed by atoms with Crippen LogP contribution in [0.3, 0.4) is 0 Å². The fourth-order valence-electron chi connectivity index (χ4n) is 3.44. The Hall–Kier alpha value is -2.65. The van der Waals surface area contributed by atoms with Crippen molar-refractivity contribution in [1.29, 1.82) is 0 Å². The van der Waals surface area contributed by atoms with Gasteiger partial charge in [-0.05, 0) is 63.8 Å². The Bertz CT molecular complexity index is 1250. The van der Waals surface area contributed by atoms with Gasteiger partial charge in [0.1, 0.15) is 4.83 Å². The van der Waals surface area contributed by atoms with Crippen molar-refractivity contribution in [2.75, 3.05) is 18.9 Å². The summed E-state index contributed by atoms with van der Waals surface area (Å²) in [6.45, 7) is 10.4. The molecule has 3 rings (SSSR count). The number of aromatic nitrogens is 2. The molecular weight excluding hydrogens is 458 g/mol. The molecule has 1 N–H and O–H groups in total. The maximum absolute atomic E-state index is 13.6. The molecule has 0 aliphatic heterocycles. The molecule has 1 amide bonds. The van der Waals surface area contributed by atoms with Gasteiger partial charge in [0, 0.05) is 17.8 Å². The van der Waals surface area contributed by atoms with Crippen LogP contribution < -0.4 is 10.9 Å². The molecule has 0 bridgehead atoms. The monoisotopic (exact) mass is 487 g/mol. The lowest BCUT2D eigenvalue weighted by atomic mass is 10.1. The lowest BCUT2D eigenvalue weighted by molar-refractivity contribution is -0.143. The number of carbonyl (C=O) groups excluding carboxylic acids is 2. The minimum atomic E-state index is -0.266. The topological polar surface area (TPSA) is 90.3 Å². The maximum atomic E-state index is 13.6. The Morgan fingerprint density at radius 1 is 1.18 bits per heavy atom. The average molecular weight is 488 g/mol. The molecule has 2 heterocycles. The number of ether oxygens (including phenoxy) is 1. The van der Waals surface area contributed by atoms with Crippen molar-refractivity contribution in [2.24, 2.45) is 0 Å². The lowest BCUT2D eigenvalue weighted by Gasteiger charge is -2.15. The standard InChI is InChI=1S/C24H29N3O4S2/c1-6-31-20(29)11-8-12-25-19(28)13-32-24-26-22-21(16(4)17(5)33-22)23(30)27(24)18-10-7-9-14(2)15(18)3/h7,9-10H,6,8,11-13H2,1-5H3,(H,25,28). The number of nitrogens with one attached hydrogen (secondary N) is 1. The molecule has 0 atom stereocenters. The van der Waals surface area contributed by atoms with E-state index in [0.29, 0.717) is 34.9 Å². The van der Waals surface area contributed by atoms with Gasteiger partial charge < -0.3 is 10.1 Å². The summed E-state index contributed by atoms with van der Waals surface area (Å²) in [5, 5.41) is 3.94. The number of hydrogen-bond donors (Lipinski definition) is 1. The van der Waals surface area contributed by atoms with Crippen molar-refractivity contribution >= 4 is 45.2 Å². The van der Waals surface area contributed by atoms with E-state index in [-0.39, 0.29) is 29.6 Å². The molecule has 33 heavy (non-hydrogen) atoms. The fraction of sp³-hybridized carbons (Fsp3) is 0.417. The molecule has 0 spiro atoms. The molecule has 0 fully saturated rings. The van der Waals surface area contributed by atoms with Gasteiger partial charge in [0.2, 0.25) is 5.91 Å². The summed E-state index contributed by atoms with van der Waals surface area (Å²) in [6, 6.07) is 5.84. The summed E-state index contributed by atoms with van der Waals surface area (Å²) in [5.41, 5.74) is 3.67. The maximum Gasteiger partial charge on any atom is 0.305 e. The molecule has 2 aromatic heterocycles. The Morgan fingerprint density at radius 2 is 1.94 bits per heavy atom. The largest absolute Gasteiger partial charge is 0.466 e. The Kier molecular flexibility index (Phi) is 8.31. The first-order valence-corrected chi connectivity index (χ1v) is 12.7. The van der Waals surface area contributed by atoms with Crippen molar-refractivity contribution in [2.45, 2.75) is 52.6 Å². The highest BCUT2D eigenvalue weighted by Crippen LogP contribution is 2.30. The average Bonchev–Trinajstić information content (AvgIpc) is 3.06. The second-order valence-electron chi connectivity index (χ2n) is 7.76. The number of thiophene rings is 1. The smallest absolute Gasteiger partial charge is 0.305 e. The number of esters is 1. The Morgan fingerprint density at radius 3 is 2.67 bits per heavy atom. The van der Waals surface area contributed by atoms with Crippen molar-refractivity contribution in [3.8, 4) is 5.69 Å². The van der Waals surface area contributed by atoms with Gasteiger partial charge in [-0.2, -0.15) is 0 Å². The van der Waals surface area contributed by atoms with Crippen LogP contribution in [0.25, 0.3) is 15.9 Å². The minimum Gasteiger partial charge on any atom is -0.466 e. The quantitative estimate of drug-likeness (QED) is 0.210. The summed E-state index contributed by atoms with van der Waals surface area (Å²) in [7, 11) is 0. The summed E-state index contributed by atoms with van der Waals surface area (Å²) >= 11 is 2.73. The number of rotatable bonds is 9. The van der Waals surface area contributed by atoms with Crippen LogP contribution in [0.4, 0.5) is 0 Å². The minimum absolute atomic E-state index is 0.117. The van der Waals surface area contributed by atoms with Gasteiger partial charge in [0.25, 0.3) is 5.56 Å². The zero-order valence-corrected chi connectivity index (χ0v) is 21.2. The van der Waals surface area contributed by atoms with Gasteiger partial charge in [-0.25, -0.2) is 4.98 Å². The molecule has 0 saturated carbocycles. The van der Waals surface area contributed by atoms with Gasteiger partial charge in [-0.15, -0.1) is 11.3 Å². The highest BCUT2D eigenvalue weighted by Gasteiger charge is 2.20. The first-order chi connectivity index (χ1) is 15.7. The van der Waals surface area contributed by atoms with Gasteiger partial charge in [-0.1, -0.05) is 23.9 Å². The van der Waals surface area contributed by atoms with Crippen LogP contribution in [-0.4, -0.2) is 40.3 Å². The van der Waals surface area contributed by atoms with Crippen LogP contribution >= 0.6 is 23.1 Å². The number of carbonyl (C=O) groups is 2. The van der Waals surface area contributed by atoms with Crippen LogP contribution in [0.5, 0.6) is 0 Å². The van der Waals surface area contributed by atoms with E-state index in [2.05, 4.69) is 5.32 Å². The Labute approximate surface area is 201 Å². The highest BCUT2D eigenvalue weighted by molar-refractivity contribution is 7.99. The lowest BCUT2D eigenvalue weighted by Crippen LogP contribution is -2.28. The van der Waals surface area contributed by atoms with Gasteiger partial charge in [-0.3, -0.25) is 19.0 Å². The van der Waals surface area contributed by atoms with Crippen molar-refractivity contribution in [3.63, 3.8) is 0 Å². The van der Waals surface area contributed by atoms with E-state index < -0.39 is 0 Å². The first-order valence-electron chi connectivity index (χ1n) is 10.9. The van der Waals surface area contributed by atoms with Crippen LogP contribution in [0.1, 0.15) is 41.3 Å². The van der Waals surface area contributed by atoms with E-state index in [1.807, 2.05) is 45.9 Å². The van der Waals surface area contributed by atoms with E-state index in [1.54, 1.807) is 11.5 Å². The summed E-state index contributed by atoms with van der Waals surface area (Å²) < 4.78 is 6.52. The predicted molar refractivity (Wildman–Crippen MR) is 134 cm³/mol. The molecule has 176 valence electrons. The van der Waals surface area contributed by atoms with E-state index >= 15 is 0 Å². The molecule has 0 aliphatic carbocycles. The highest BCUT2D eigenvalue weighted by atomic mass is 32.2. The molecule has 0 unspecified atom stereocenters. The zero-order valence-electron chi connectivity index (χ0n) is 19.6. The molecule has 7 nitrogen and oxygen atoms in total. The van der Waals surface area contributed by atoms with Crippen LogP contribution in [0.15, 0.2) is 28.2 Å². The molecule has 0 saturated heterocycles. The number of aryl methyl sites for hydroxylation is 3. The van der Waals surface area contributed by atoms with Crippen LogP contribution in [0.2, 0.25) is 0 Å². The van der Waals surface area contributed by atoms with Crippen LogP contribution in [0, 0.1) is 27.7 Å². The van der Waals surface area contributed by atoms with E-state index in [1.165, 1.54) is 23.1 Å². The summed E-state index contributed by atoms with van der Waals surface area (Å²) in [6.07, 6.45) is 0.781. The number of nitrogens with zero attached hydrogens (tertiary/aromatic N) is 2. The molecular formula is C24H29N3O4S2. The fourth-order valence-corrected chi connectivity index (χ4v) is 5.34. The van der Waals surface area contributed by atoms with Gasteiger partial charge in [0.05, 0.1) is 23.4 Å². The van der Waals surface area contributed by atoms with Gasteiger partial charge >= 0.3 is 5.97 Å². The number of benzene rings is 1. The van der Waals surface area contributed by atoms with Crippen molar-refractivity contribution in [1.82, 2.24) is 14.9 Å². The molecule has 9 heteroatoms. The first kappa shape index (κ1) is 25.0. The Balaban J connectivity index is 1.85.